The number of hydrogen-bond acceptors (Lipinski definition) is 5. The number of aliphatic imine (C=N–C) groups is 1. The van der Waals surface area contributed by atoms with Gasteiger partial charge in [-0.2, -0.15) is 5.10 Å². The number of hydrazone groups is 1. The van der Waals surface area contributed by atoms with Crippen molar-refractivity contribution in [2.45, 2.75) is 33.2 Å². The van der Waals surface area contributed by atoms with Crippen LogP contribution in [-0.4, -0.2) is 37.3 Å². The monoisotopic (exact) mass is 428 g/mol. The van der Waals surface area contributed by atoms with Gasteiger partial charge in [0, 0.05) is 11.8 Å². The van der Waals surface area contributed by atoms with Gasteiger partial charge in [-0.05, 0) is 61.6 Å². The second-order valence-corrected chi connectivity index (χ2v) is 10.4. The van der Waals surface area contributed by atoms with Gasteiger partial charge < -0.3 is 0 Å². The molecule has 152 valence electrons. The smallest absolute Gasteiger partial charge is 0.232 e. The third kappa shape index (κ3) is 3.91. The van der Waals surface area contributed by atoms with Crippen molar-refractivity contribution in [3.8, 4) is 0 Å². The average molecular weight is 429 g/mol. The van der Waals surface area contributed by atoms with Crippen LogP contribution >= 0.6 is 11.8 Å². The average Bonchev–Trinajstić information content (AvgIpc) is 3.00. The van der Waals surface area contributed by atoms with Gasteiger partial charge in [0.2, 0.25) is 10.0 Å². The first-order valence-electron chi connectivity index (χ1n) is 9.47. The van der Waals surface area contributed by atoms with Crippen molar-refractivity contribution >= 4 is 44.0 Å². The zero-order chi connectivity index (χ0) is 20.8. The lowest BCUT2D eigenvalue weighted by atomic mass is 10.0. The highest BCUT2D eigenvalue weighted by atomic mass is 32.2. The second kappa shape index (κ2) is 7.50. The summed E-state index contributed by atoms with van der Waals surface area (Å²) in [7, 11) is -3.28. The fourth-order valence-corrected chi connectivity index (χ4v) is 5.93. The van der Waals surface area contributed by atoms with Crippen molar-refractivity contribution in [2.75, 3.05) is 16.3 Å². The van der Waals surface area contributed by atoms with E-state index in [0.717, 1.165) is 44.5 Å². The standard InChI is InChI=1S/C21H24N4O2S2/c1-13-6-5-7-14(2)20(13)22-21-24-23-18(12-28-21)16-8-9-19-17(11-16)10-15(3)25(19)29(4,26)27/h5-9,11,15H,10,12H2,1-4H3,(H,22,24). The molecule has 2 aliphatic heterocycles. The molecule has 1 N–H and O–H groups in total. The maximum absolute atomic E-state index is 12.1. The largest absolute Gasteiger partial charge is 0.267 e. The molecule has 0 radical (unpaired) electrons. The van der Waals surface area contributed by atoms with Gasteiger partial charge in [-0.1, -0.05) is 36.0 Å². The molecule has 8 heteroatoms. The van der Waals surface area contributed by atoms with E-state index < -0.39 is 10.0 Å². The first kappa shape index (κ1) is 20.0. The molecule has 2 heterocycles. The molecule has 0 bridgehead atoms. The van der Waals surface area contributed by atoms with Gasteiger partial charge in [0.15, 0.2) is 5.17 Å². The number of aryl methyl sites for hydroxylation is 2. The predicted octanol–water partition coefficient (Wildman–Crippen LogP) is 3.74. The molecule has 4 rings (SSSR count). The third-order valence-electron chi connectivity index (χ3n) is 5.21. The van der Waals surface area contributed by atoms with E-state index in [4.69, 9.17) is 4.99 Å². The number of amidine groups is 1. The first-order valence-corrected chi connectivity index (χ1v) is 12.3. The molecule has 0 spiro atoms. The van der Waals surface area contributed by atoms with E-state index in [9.17, 15) is 8.42 Å². The third-order valence-corrected chi connectivity index (χ3v) is 7.35. The minimum atomic E-state index is -3.28. The van der Waals surface area contributed by atoms with Gasteiger partial charge in [-0.15, -0.1) is 0 Å². The van der Waals surface area contributed by atoms with Crippen LogP contribution in [0.15, 0.2) is 46.5 Å². The van der Waals surface area contributed by atoms with Crippen molar-refractivity contribution in [3.05, 3.63) is 58.7 Å². The number of rotatable bonds is 3. The zero-order valence-corrected chi connectivity index (χ0v) is 18.6. The van der Waals surface area contributed by atoms with E-state index in [-0.39, 0.29) is 6.04 Å². The van der Waals surface area contributed by atoms with E-state index >= 15 is 0 Å². The van der Waals surface area contributed by atoms with Crippen LogP contribution in [0.5, 0.6) is 0 Å². The molecule has 0 aliphatic carbocycles. The Labute approximate surface area is 176 Å². The van der Waals surface area contributed by atoms with Gasteiger partial charge in [-0.3, -0.25) is 9.73 Å². The summed E-state index contributed by atoms with van der Waals surface area (Å²) in [5, 5.41) is 5.31. The van der Waals surface area contributed by atoms with E-state index in [1.807, 2.05) is 25.1 Å². The molecule has 0 amide bonds. The molecule has 0 aromatic heterocycles. The van der Waals surface area contributed by atoms with Gasteiger partial charge >= 0.3 is 0 Å². The number of para-hydroxylation sites is 1. The number of fused-ring (bicyclic) bond motifs is 1. The number of sulfonamides is 1. The van der Waals surface area contributed by atoms with Crippen LogP contribution in [0.3, 0.4) is 0 Å². The Balaban J connectivity index is 1.58. The normalized spacial score (nSPS) is 20.4. The number of hydrogen-bond donors (Lipinski definition) is 1. The Morgan fingerprint density at radius 3 is 2.55 bits per heavy atom. The highest BCUT2D eigenvalue weighted by Crippen LogP contribution is 2.35. The van der Waals surface area contributed by atoms with Crippen LogP contribution in [0.1, 0.15) is 29.2 Å². The number of anilines is 1. The van der Waals surface area contributed by atoms with Crippen molar-refractivity contribution in [1.29, 1.82) is 0 Å². The molecule has 2 aromatic rings. The maximum atomic E-state index is 12.1. The van der Waals surface area contributed by atoms with Crippen LogP contribution < -0.4 is 9.73 Å². The van der Waals surface area contributed by atoms with Crippen LogP contribution in [0.2, 0.25) is 0 Å². The lowest BCUT2D eigenvalue weighted by Gasteiger charge is -2.22. The molecule has 6 nitrogen and oxygen atoms in total. The van der Waals surface area contributed by atoms with Crippen molar-refractivity contribution in [1.82, 2.24) is 5.43 Å². The molecule has 29 heavy (non-hydrogen) atoms. The lowest BCUT2D eigenvalue weighted by molar-refractivity contribution is 0.590. The minimum Gasteiger partial charge on any atom is -0.267 e. The van der Waals surface area contributed by atoms with Crippen LogP contribution in [0.4, 0.5) is 11.4 Å². The Kier molecular flexibility index (Phi) is 5.16. The van der Waals surface area contributed by atoms with Crippen LogP contribution in [-0.2, 0) is 16.4 Å². The molecule has 0 fully saturated rings. The fourth-order valence-electron chi connectivity index (χ4n) is 3.89. The molecule has 2 aliphatic rings. The van der Waals surface area contributed by atoms with Crippen LogP contribution in [0.25, 0.3) is 0 Å². The fraction of sp³-hybridized carbons (Fsp3) is 0.333. The minimum absolute atomic E-state index is 0.0628. The lowest BCUT2D eigenvalue weighted by Crippen LogP contribution is -2.34. The summed E-state index contributed by atoms with van der Waals surface area (Å²) in [5.41, 5.74) is 10.1. The summed E-state index contributed by atoms with van der Waals surface area (Å²) >= 11 is 1.62. The summed E-state index contributed by atoms with van der Waals surface area (Å²) in [6, 6.07) is 12.0. The van der Waals surface area contributed by atoms with E-state index in [1.165, 1.54) is 10.6 Å². The SMILES string of the molecule is Cc1cccc(C)c1N=C1NN=C(c2ccc3c(c2)CC(C)N3S(C)(=O)=O)CS1. The number of nitrogens with one attached hydrogen (secondary N) is 1. The Hall–Kier alpha value is -2.32. The quantitative estimate of drug-likeness (QED) is 0.808. The van der Waals surface area contributed by atoms with Gasteiger partial charge in [-0.25, -0.2) is 13.4 Å². The maximum Gasteiger partial charge on any atom is 0.232 e. The van der Waals surface area contributed by atoms with E-state index in [0.29, 0.717) is 12.2 Å². The summed E-state index contributed by atoms with van der Waals surface area (Å²) in [5.74, 6) is 0.709. The predicted molar refractivity (Wildman–Crippen MR) is 122 cm³/mol. The molecule has 2 aromatic carbocycles. The summed E-state index contributed by atoms with van der Waals surface area (Å²) in [6.45, 7) is 6.05. The molecular weight excluding hydrogens is 404 g/mol. The summed E-state index contributed by atoms with van der Waals surface area (Å²) in [6.07, 6.45) is 1.97. The first-order chi connectivity index (χ1) is 13.7. The highest BCUT2D eigenvalue weighted by molar-refractivity contribution is 8.14. The zero-order valence-electron chi connectivity index (χ0n) is 16.9. The summed E-state index contributed by atoms with van der Waals surface area (Å²) in [4.78, 5) is 4.74. The number of nitrogens with zero attached hydrogens (tertiary/aromatic N) is 3. The highest BCUT2D eigenvalue weighted by Gasteiger charge is 2.32. The topological polar surface area (TPSA) is 74.1 Å². The molecule has 1 atom stereocenters. The van der Waals surface area contributed by atoms with Gasteiger partial charge in [0.25, 0.3) is 0 Å². The molecular formula is C21H24N4O2S2. The van der Waals surface area contributed by atoms with Crippen molar-refractivity contribution < 1.29 is 8.42 Å². The molecule has 0 saturated carbocycles. The Morgan fingerprint density at radius 1 is 1.21 bits per heavy atom. The number of benzene rings is 2. The summed E-state index contributed by atoms with van der Waals surface area (Å²) < 4.78 is 25.7. The Bertz CT molecular complexity index is 1120. The second-order valence-electron chi connectivity index (χ2n) is 7.57. The van der Waals surface area contributed by atoms with E-state index in [1.54, 1.807) is 11.8 Å². The molecule has 0 saturated heterocycles. The molecule has 1 unspecified atom stereocenters. The van der Waals surface area contributed by atoms with E-state index in [2.05, 4.69) is 42.6 Å². The van der Waals surface area contributed by atoms with Crippen LogP contribution in [0, 0.1) is 13.8 Å². The van der Waals surface area contributed by atoms with Gasteiger partial charge in [0.05, 0.1) is 23.3 Å². The number of thioether (sulfide) groups is 1. The Morgan fingerprint density at radius 2 is 1.93 bits per heavy atom. The van der Waals surface area contributed by atoms with Gasteiger partial charge in [0.1, 0.15) is 0 Å². The van der Waals surface area contributed by atoms with Crippen molar-refractivity contribution in [3.63, 3.8) is 0 Å². The van der Waals surface area contributed by atoms with Crippen molar-refractivity contribution in [2.24, 2.45) is 10.1 Å².